The zero-order valence-electron chi connectivity index (χ0n) is 18.5. The highest BCUT2D eigenvalue weighted by Gasteiger charge is 2.26. The summed E-state index contributed by atoms with van der Waals surface area (Å²) in [7, 11) is 0. The molecule has 4 rings (SSSR count). The van der Waals surface area contributed by atoms with E-state index in [0.29, 0.717) is 34.5 Å². The Morgan fingerprint density at radius 1 is 1.13 bits per heavy atom. The van der Waals surface area contributed by atoms with E-state index in [1.807, 2.05) is 6.07 Å². The number of pyridine rings is 1. The van der Waals surface area contributed by atoms with Crippen molar-refractivity contribution in [3.63, 3.8) is 0 Å². The number of carbonyl (C=O) groups excluding carboxylic acids is 1. The van der Waals surface area contributed by atoms with Crippen LogP contribution in [-0.4, -0.2) is 41.9 Å². The summed E-state index contributed by atoms with van der Waals surface area (Å²) in [4.78, 5) is 22.4. The zero-order chi connectivity index (χ0) is 22.0. The van der Waals surface area contributed by atoms with Gasteiger partial charge >= 0.3 is 0 Å². The first-order valence-corrected chi connectivity index (χ1v) is 11.4. The summed E-state index contributed by atoms with van der Waals surface area (Å²) in [6, 6.07) is 6.24. The number of aliphatic imine (C=N–C) groups is 1. The van der Waals surface area contributed by atoms with Gasteiger partial charge in [-0.1, -0.05) is 19.3 Å². The number of halogens is 1. The predicted octanol–water partition coefficient (Wildman–Crippen LogP) is 3.83. The first-order chi connectivity index (χ1) is 14.9. The Bertz CT molecular complexity index is 991. The van der Waals surface area contributed by atoms with Gasteiger partial charge in [-0.25, -0.2) is 9.37 Å². The summed E-state index contributed by atoms with van der Waals surface area (Å²) in [6.07, 6.45) is 8.59. The Hall–Kier alpha value is -2.54. The van der Waals surface area contributed by atoms with Gasteiger partial charge in [-0.15, -0.1) is 0 Å². The van der Waals surface area contributed by atoms with Crippen LogP contribution in [0, 0.1) is 12.7 Å². The highest BCUT2D eigenvalue weighted by atomic mass is 19.1. The lowest BCUT2D eigenvalue weighted by Gasteiger charge is -2.36. The van der Waals surface area contributed by atoms with Crippen LogP contribution in [-0.2, 0) is 4.79 Å². The Labute approximate surface area is 183 Å². The largest absolute Gasteiger partial charge is 0.383 e. The zero-order valence-corrected chi connectivity index (χ0v) is 18.5. The van der Waals surface area contributed by atoms with Crippen molar-refractivity contribution in [2.45, 2.75) is 70.9 Å². The number of hydrogen-bond donors (Lipinski definition) is 2. The fourth-order valence-corrected chi connectivity index (χ4v) is 4.82. The lowest BCUT2D eigenvalue weighted by atomic mass is 9.93. The monoisotopic (exact) mass is 425 g/mol. The molecule has 1 saturated heterocycles. The SMILES string of the molecule is CC(=O)N=C(N)c1cc2cc(C)c(F)cc2nc1N1CCC(NC2CCCCC2)CC1. The topological polar surface area (TPSA) is 83.6 Å². The Morgan fingerprint density at radius 3 is 2.48 bits per heavy atom. The minimum atomic E-state index is -0.353. The van der Waals surface area contributed by atoms with Gasteiger partial charge in [-0.2, -0.15) is 4.99 Å². The Morgan fingerprint density at radius 2 is 1.81 bits per heavy atom. The number of hydrogen-bond acceptors (Lipinski definition) is 4. The van der Waals surface area contributed by atoms with Gasteiger partial charge in [-0.3, -0.25) is 4.79 Å². The summed E-state index contributed by atoms with van der Waals surface area (Å²) in [5, 5.41) is 4.63. The van der Waals surface area contributed by atoms with E-state index in [-0.39, 0.29) is 17.6 Å². The van der Waals surface area contributed by atoms with E-state index in [9.17, 15) is 9.18 Å². The Kier molecular flexibility index (Phi) is 6.51. The smallest absolute Gasteiger partial charge is 0.244 e. The number of piperidine rings is 1. The molecule has 0 unspecified atom stereocenters. The van der Waals surface area contributed by atoms with Gasteiger partial charge in [0.2, 0.25) is 5.91 Å². The first kappa shape index (κ1) is 21.7. The van der Waals surface area contributed by atoms with Gasteiger partial charge in [0.1, 0.15) is 17.5 Å². The van der Waals surface area contributed by atoms with E-state index in [2.05, 4.69) is 15.2 Å². The first-order valence-electron chi connectivity index (χ1n) is 11.4. The van der Waals surface area contributed by atoms with Crippen molar-refractivity contribution >= 4 is 28.5 Å². The van der Waals surface area contributed by atoms with Crippen LogP contribution >= 0.6 is 0 Å². The molecule has 0 bridgehead atoms. The van der Waals surface area contributed by atoms with Crippen molar-refractivity contribution in [3.05, 3.63) is 35.1 Å². The molecule has 1 aromatic heterocycles. The summed E-state index contributed by atoms with van der Waals surface area (Å²) in [5.41, 5.74) is 7.95. The molecule has 3 N–H and O–H groups in total. The van der Waals surface area contributed by atoms with Crippen LogP contribution < -0.4 is 16.0 Å². The molecule has 2 aliphatic rings. The van der Waals surface area contributed by atoms with Gasteiger partial charge in [0.25, 0.3) is 0 Å². The molecule has 1 aliphatic carbocycles. The van der Waals surface area contributed by atoms with Crippen LogP contribution in [0.4, 0.5) is 10.2 Å². The van der Waals surface area contributed by atoms with Crippen LogP contribution in [0.5, 0.6) is 0 Å². The third kappa shape index (κ3) is 5.03. The van der Waals surface area contributed by atoms with Crippen molar-refractivity contribution in [3.8, 4) is 0 Å². The molecule has 2 fully saturated rings. The molecule has 7 heteroatoms. The molecule has 1 amide bonds. The van der Waals surface area contributed by atoms with E-state index in [4.69, 9.17) is 10.7 Å². The fraction of sp³-hybridized carbons (Fsp3) is 0.542. The number of nitrogens with two attached hydrogens (primary N) is 1. The van der Waals surface area contributed by atoms with E-state index in [1.54, 1.807) is 13.0 Å². The molecule has 0 spiro atoms. The molecule has 2 aromatic rings. The highest BCUT2D eigenvalue weighted by molar-refractivity contribution is 6.08. The van der Waals surface area contributed by atoms with Gasteiger partial charge < -0.3 is 16.0 Å². The van der Waals surface area contributed by atoms with E-state index >= 15 is 0 Å². The number of amides is 1. The molecule has 6 nitrogen and oxygen atoms in total. The summed E-state index contributed by atoms with van der Waals surface area (Å²) >= 11 is 0. The number of benzene rings is 1. The molecule has 0 atom stereocenters. The molecule has 1 saturated carbocycles. The number of nitrogens with one attached hydrogen (secondary N) is 1. The lowest BCUT2D eigenvalue weighted by molar-refractivity contribution is -0.115. The van der Waals surface area contributed by atoms with Crippen molar-refractivity contribution in [2.75, 3.05) is 18.0 Å². The van der Waals surface area contributed by atoms with Crippen LogP contribution in [0.15, 0.2) is 23.2 Å². The number of fused-ring (bicyclic) bond motifs is 1. The van der Waals surface area contributed by atoms with Crippen molar-refractivity contribution in [1.29, 1.82) is 0 Å². The maximum atomic E-state index is 14.2. The standard InChI is InChI=1S/C24H32FN5O/c1-15-12-17-13-20(23(26)27-16(2)31)24(29-22(17)14-21(15)25)30-10-8-19(9-11-30)28-18-6-4-3-5-7-18/h12-14,18-19,28H,3-11H2,1-2H3,(H2,26,27,31). The maximum Gasteiger partial charge on any atom is 0.244 e. The van der Waals surface area contributed by atoms with Crippen molar-refractivity contribution in [2.24, 2.45) is 10.7 Å². The summed E-state index contributed by atoms with van der Waals surface area (Å²) < 4.78 is 14.2. The number of nitrogens with zero attached hydrogens (tertiary/aromatic N) is 3. The van der Waals surface area contributed by atoms with Gasteiger partial charge in [0.15, 0.2) is 0 Å². The molecular weight excluding hydrogens is 393 g/mol. The van der Waals surface area contributed by atoms with Crippen LogP contribution in [0.1, 0.15) is 63.0 Å². The van der Waals surface area contributed by atoms with Crippen molar-refractivity contribution in [1.82, 2.24) is 10.3 Å². The normalized spacial score (nSPS) is 19.2. The summed E-state index contributed by atoms with van der Waals surface area (Å²) in [5.74, 6) is 0.199. The second-order valence-corrected chi connectivity index (χ2v) is 8.93. The number of aryl methyl sites for hydroxylation is 1. The van der Waals surface area contributed by atoms with Crippen LogP contribution in [0.25, 0.3) is 10.9 Å². The van der Waals surface area contributed by atoms with Crippen molar-refractivity contribution < 1.29 is 9.18 Å². The van der Waals surface area contributed by atoms with E-state index < -0.39 is 0 Å². The predicted molar refractivity (Wildman–Crippen MR) is 123 cm³/mol. The number of rotatable bonds is 4. The average Bonchev–Trinajstić information content (AvgIpc) is 2.75. The minimum absolute atomic E-state index is 0.154. The second kappa shape index (κ2) is 9.30. The fourth-order valence-electron chi connectivity index (χ4n) is 4.82. The summed E-state index contributed by atoms with van der Waals surface area (Å²) in [6.45, 7) is 4.76. The highest BCUT2D eigenvalue weighted by Crippen LogP contribution is 2.28. The second-order valence-electron chi connectivity index (χ2n) is 8.93. The number of amidine groups is 1. The maximum absolute atomic E-state index is 14.2. The minimum Gasteiger partial charge on any atom is -0.383 e. The molecule has 31 heavy (non-hydrogen) atoms. The van der Waals surface area contributed by atoms with Gasteiger partial charge in [-0.05, 0) is 50.3 Å². The molecule has 1 aromatic carbocycles. The molecule has 0 radical (unpaired) electrons. The van der Waals surface area contributed by atoms with E-state index in [1.165, 1.54) is 45.1 Å². The van der Waals surface area contributed by atoms with Gasteiger partial charge in [0, 0.05) is 43.5 Å². The quantitative estimate of drug-likeness (QED) is 0.575. The third-order valence-electron chi connectivity index (χ3n) is 6.50. The average molecular weight is 426 g/mol. The number of carbonyl (C=O) groups is 1. The van der Waals surface area contributed by atoms with Crippen LogP contribution in [0.2, 0.25) is 0 Å². The Balaban J connectivity index is 1.59. The molecule has 1 aliphatic heterocycles. The van der Waals surface area contributed by atoms with Crippen LogP contribution in [0.3, 0.4) is 0 Å². The van der Waals surface area contributed by atoms with Gasteiger partial charge in [0.05, 0.1) is 11.1 Å². The molecule has 166 valence electrons. The third-order valence-corrected chi connectivity index (χ3v) is 6.50. The van der Waals surface area contributed by atoms with E-state index in [0.717, 1.165) is 31.3 Å². The molecular formula is C24H32FN5O. The lowest BCUT2D eigenvalue weighted by Crippen LogP contribution is -2.47. The molecule has 2 heterocycles. The number of aromatic nitrogens is 1. The number of anilines is 1.